The van der Waals surface area contributed by atoms with Crippen molar-refractivity contribution in [2.75, 3.05) is 17.7 Å². The van der Waals surface area contributed by atoms with E-state index >= 15 is 0 Å². The largest absolute Gasteiger partial charge is 0.476 e. The minimum Gasteiger partial charge on any atom is -0.476 e. The highest BCUT2D eigenvalue weighted by atomic mass is 16.5. The molecule has 0 saturated heterocycles. The summed E-state index contributed by atoms with van der Waals surface area (Å²) in [6, 6.07) is 5.44. The van der Waals surface area contributed by atoms with Gasteiger partial charge in [-0.1, -0.05) is 13.8 Å². The van der Waals surface area contributed by atoms with E-state index in [9.17, 15) is 0 Å². The fourth-order valence-corrected chi connectivity index (χ4v) is 1.50. The van der Waals surface area contributed by atoms with Gasteiger partial charge in [0.25, 0.3) is 0 Å². The molecule has 0 fully saturated rings. The van der Waals surface area contributed by atoms with Crippen LogP contribution >= 0.6 is 0 Å². The third kappa shape index (κ3) is 3.61. The third-order valence-electron chi connectivity index (χ3n) is 2.41. The van der Waals surface area contributed by atoms with Gasteiger partial charge in [-0.2, -0.15) is 10.1 Å². The summed E-state index contributed by atoms with van der Waals surface area (Å²) in [5.74, 6) is 2.27. The first kappa shape index (κ1) is 13.2. The Morgan fingerprint density at radius 3 is 2.74 bits per heavy atom. The average molecular weight is 261 g/mol. The molecule has 0 aliphatic carbocycles. The first-order chi connectivity index (χ1) is 9.04. The van der Waals surface area contributed by atoms with Crippen LogP contribution in [0.15, 0.2) is 24.4 Å². The molecule has 19 heavy (non-hydrogen) atoms. The van der Waals surface area contributed by atoms with Crippen LogP contribution in [0.5, 0.6) is 5.88 Å². The summed E-state index contributed by atoms with van der Waals surface area (Å²) in [4.78, 5) is 4.34. The number of nitrogens with zero attached hydrogens (tertiary/aromatic N) is 3. The maximum Gasteiger partial charge on any atom is 0.239 e. The predicted octanol–water partition coefficient (Wildman–Crippen LogP) is 2.18. The van der Waals surface area contributed by atoms with E-state index in [1.54, 1.807) is 16.8 Å². The van der Waals surface area contributed by atoms with Gasteiger partial charge in [0.15, 0.2) is 5.82 Å². The third-order valence-corrected chi connectivity index (χ3v) is 2.41. The number of aromatic nitrogens is 3. The maximum absolute atomic E-state index is 5.84. The van der Waals surface area contributed by atoms with Gasteiger partial charge < -0.3 is 15.8 Å². The predicted molar refractivity (Wildman–Crippen MR) is 75.5 cm³/mol. The topological polar surface area (TPSA) is 78.0 Å². The Morgan fingerprint density at radius 2 is 2.11 bits per heavy atom. The Labute approximate surface area is 112 Å². The first-order valence-electron chi connectivity index (χ1n) is 6.20. The molecular formula is C13H19N5O. The van der Waals surface area contributed by atoms with Crippen molar-refractivity contribution in [1.29, 1.82) is 0 Å². The van der Waals surface area contributed by atoms with E-state index in [0.29, 0.717) is 29.9 Å². The van der Waals surface area contributed by atoms with E-state index in [1.165, 1.54) is 0 Å². The summed E-state index contributed by atoms with van der Waals surface area (Å²) in [5.41, 5.74) is 6.37. The van der Waals surface area contributed by atoms with Crippen LogP contribution in [-0.4, -0.2) is 21.4 Å². The molecule has 0 atom stereocenters. The first-order valence-corrected chi connectivity index (χ1v) is 6.20. The van der Waals surface area contributed by atoms with Crippen LogP contribution in [-0.2, 0) is 7.05 Å². The molecule has 0 spiro atoms. The highest BCUT2D eigenvalue weighted by Crippen LogP contribution is 2.23. The van der Waals surface area contributed by atoms with Gasteiger partial charge in [-0.3, -0.25) is 4.68 Å². The minimum atomic E-state index is 0.425. The van der Waals surface area contributed by atoms with Gasteiger partial charge in [0.05, 0.1) is 12.3 Å². The minimum absolute atomic E-state index is 0.425. The number of nitrogens with one attached hydrogen (secondary N) is 1. The van der Waals surface area contributed by atoms with E-state index in [4.69, 9.17) is 10.5 Å². The molecule has 3 N–H and O–H groups in total. The van der Waals surface area contributed by atoms with Crippen molar-refractivity contribution in [2.24, 2.45) is 13.0 Å². The molecule has 6 nitrogen and oxygen atoms in total. The van der Waals surface area contributed by atoms with Gasteiger partial charge in [0.2, 0.25) is 5.88 Å². The van der Waals surface area contributed by atoms with Gasteiger partial charge in [-0.05, 0) is 18.1 Å². The number of hydrogen-bond acceptors (Lipinski definition) is 5. The molecule has 2 aromatic heterocycles. The molecule has 2 heterocycles. The summed E-state index contributed by atoms with van der Waals surface area (Å²) >= 11 is 0. The number of nitrogens with two attached hydrogens (primary N) is 1. The van der Waals surface area contributed by atoms with Crippen LogP contribution in [0.2, 0.25) is 0 Å². The number of rotatable bonds is 5. The van der Waals surface area contributed by atoms with Gasteiger partial charge in [0.1, 0.15) is 5.82 Å². The Balaban J connectivity index is 2.11. The van der Waals surface area contributed by atoms with Crippen molar-refractivity contribution in [3.63, 3.8) is 0 Å². The number of aryl methyl sites for hydroxylation is 1. The van der Waals surface area contributed by atoms with Crippen molar-refractivity contribution in [2.45, 2.75) is 13.8 Å². The van der Waals surface area contributed by atoms with Gasteiger partial charge in [-0.15, -0.1) is 0 Å². The van der Waals surface area contributed by atoms with Gasteiger partial charge >= 0.3 is 0 Å². The van der Waals surface area contributed by atoms with E-state index in [2.05, 4.69) is 29.2 Å². The van der Waals surface area contributed by atoms with Gasteiger partial charge in [-0.25, -0.2) is 0 Å². The van der Waals surface area contributed by atoms with Crippen LogP contribution in [0.3, 0.4) is 0 Å². The zero-order valence-electron chi connectivity index (χ0n) is 11.4. The van der Waals surface area contributed by atoms with Crippen molar-refractivity contribution in [3.8, 4) is 5.88 Å². The van der Waals surface area contributed by atoms with Crippen LogP contribution in [0, 0.1) is 5.92 Å². The maximum atomic E-state index is 5.84. The monoisotopic (exact) mass is 261 g/mol. The Bertz CT molecular complexity index is 550. The Hall–Kier alpha value is -2.24. The zero-order valence-corrected chi connectivity index (χ0v) is 11.4. The molecule has 0 unspecified atom stereocenters. The molecule has 102 valence electrons. The fraction of sp³-hybridized carbons (Fsp3) is 0.385. The number of ether oxygens (including phenoxy) is 1. The van der Waals surface area contributed by atoms with Crippen LogP contribution in [0.4, 0.5) is 17.3 Å². The van der Waals surface area contributed by atoms with Gasteiger partial charge in [0, 0.05) is 19.3 Å². The molecule has 2 aromatic rings. The zero-order chi connectivity index (χ0) is 13.8. The Morgan fingerprint density at radius 1 is 1.32 bits per heavy atom. The standard InChI is InChI=1S/C13H19N5O/c1-9(2)8-19-13-10(14)4-5-11(16-13)15-12-6-7-18(3)17-12/h4-7,9H,8,14H2,1-3H3,(H,15,16,17). The summed E-state index contributed by atoms with van der Waals surface area (Å²) in [6.45, 7) is 4.74. The van der Waals surface area contributed by atoms with Crippen molar-refractivity contribution >= 4 is 17.3 Å². The van der Waals surface area contributed by atoms with Crippen molar-refractivity contribution < 1.29 is 4.74 Å². The van der Waals surface area contributed by atoms with Crippen LogP contribution in [0.25, 0.3) is 0 Å². The molecule has 2 rings (SSSR count). The van der Waals surface area contributed by atoms with E-state index in [-0.39, 0.29) is 0 Å². The van der Waals surface area contributed by atoms with Crippen LogP contribution in [0.1, 0.15) is 13.8 Å². The summed E-state index contributed by atoms with van der Waals surface area (Å²) in [5, 5.41) is 7.33. The van der Waals surface area contributed by atoms with Crippen molar-refractivity contribution in [3.05, 3.63) is 24.4 Å². The molecule has 0 aromatic carbocycles. The average Bonchev–Trinajstić information content (AvgIpc) is 2.75. The number of anilines is 3. The molecular weight excluding hydrogens is 242 g/mol. The second-order valence-corrected chi connectivity index (χ2v) is 4.80. The lowest BCUT2D eigenvalue weighted by Crippen LogP contribution is -2.08. The molecule has 0 aliphatic rings. The fourth-order valence-electron chi connectivity index (χ4n) is 1.50. The van der Waals surface area contributed by atoms with E-state index in [1.807, 2.05) is 19.3 Å². The van der Waals surface area contributed by atoms with Crippen LogP contribution < -0.4 is 15.8 Å². The molecule has 0 radical (unpaired) electrons. The quantitative estimate of drug-likeness (QED) is 0.862. The SMILES string of the molecule is CC(C)COc1nc(Nc2ccn(C)n2)ccc1N. The summed E-state index contributed by atoms with van der Waals surface area (Å²) in [6.07, 6.45) is 1.86. The number of nitrogen functional groups attached to an aromatic ring is 1. The summed E-state index contributed by atoms with van der Waals surface area (Å²) < 4.78 is 7.30. The summed E-state index contributed by atoms with van der Waals surface area (Å²) in [7, 11) is 1.86. The number of pyridine rings is 1. The lowest BCUT2D eigenvalue weighted by Gasteiger charge is -2.11. The smallest absolute Gasteiger partial charge is 0.239 e. The highest BCUT2D eigenvalue weighted by molar-refractivity contribution is 5.58. The molecule has 0 saturated carbocycles. The van der Waals surface area contributed by atoms with Crippen molar-refractivity contribution in [1.82, 2.24) is 14.8 Å². The second-order valence-electron chi connectivity index (χ2n) is 4.80. The lowest BCUT2D eigenvalue weighted by atomic mass is 10.2. The normalized spacial score (nSPS) is 10.7. The molecule has 0 amide bonds. The Kier molecular flexibility index (Phi) is 3.89. The second kappa shape index (κ2) is 5.60. The molecule has 0 bridgehead atoms. The lowest BCUT2D eigenvalue weighted by molar-refractivity contribution is 0.263. The highest BCUT2D eigenvalue weighted by Gasteiger charge is 2.06. The van der Waals surface area contributed by atoms with E-state index in [0.717, 1.165) is 5.82 Å². The van der Waals surface area contributed by atoms with E-state index < -0.39 is 0 Å². The molecule has 0 aliphatic heterocycles. The number of hydrogen-bond donors (Lipinski definition) is 2. The molecule has 6 heteroatoms.